The summed E-state index contributed by atoms with van der Waals surface area (Å²) < 4.78 is 5.59. The fourth-order valence-electron chi connectivity index (χ4n) is 2.95. The molecular weight excluding hydrogens is 326 g/mol. The van der Waals surface area contributed by atoms with Crippen molar-refractivity contribution in [1.82, 2.24) is 15.1 Å². The van der Waals surface area contributed by atoms with E-state index in [1.807, 2.05) is 4.90 Å². The van der Waals surface area contributed by atoms with Crippen LogP contribution in [0.5, 0.6) is 5.75 Å². The highest BCUT2D eigenvalue weighted by Crippen LogP contribution is 2.26. The number of phenolic OH excluding ortho intramolecular Hbond substituents is 1. The van der Waals surface area contributed by atoms with Gasteiger partial charge in [-0.2, -0.15) is 0 Å². The summed E-state index contributed by atoms with van der Waals surface area (Å²) >= 11 is 1.27. The van der Waals surface area contributed by atoms with Gasteiger partial charge in [0.2, 0.25) is 11.8 Å². The number of aromatic hydroxyl groups is 1. The zero-order chi connectivity index (χ0) is 16.9. The van der Waals surface area contributed by atoms with Crippen LogP contribution >= 0.6 is 11.8 Å². The van der Waals surface area contributed by atoms with Gasteiger partial charge < -0.3 is 14.4 Å². The zero-order valence-corrected chi connectivity index (χ0v) is 14.5. The van der Waals surface area contributed by atoms with Gasteiger partial charge in [-0.1, -0.05) is 18.7 Å². The molecule has 1 amide bonds. The van der Waals surface area contributed by atoms with Gasteiger partial charge in [0.25, 0.3) is 5.22 Å². The molecule has 0 spiro atoms. The Morgan fingerprint density at radius 3 is 2.88 bits per heavy atom. The van der Waals surface area contributed by atoms with E-state index in [-0.39, 0.29) is 11.7 Å². The van der Waals surface area contributed by atoms with Crippen LogP contribution in [-0.2, 0) is 4.79 Å². The van der Waals surface area contributed by atoms with Gasteiger partial charge in [0, 0.05) is 18.2 Å². The van der Waals surface area contributed by atoms with Crippen molar-refractivity contribution < 1.29 is 14.3 Å². The second-order valence-electron chi connectivity index (χ2n) is 5.85. The Bertz CT molecular complexity index is 687. The summed E-state index contributed by atoms with van der Waals surface area (Å²) in [6.07, 6.45) is 4.38. The lowest BCUT2D eigenvalue weighted by Gasteiger charge is -2.35. The molecular formula is C17H21N3O3S. The normalized spacial score (nSPS) is 17.9. The number of benzene rings is 1. The van der Waals surface area contributed by atoms with Crippen LogP contribution in [0.15, 0.2) is 33.9 Å². The molecule has 1 unspecified atom stereocenters. The fraction of sp³-hybridized carbons (Fsp3) is 0.471. The summed E-state index contributed by atoms with van der Waals surface area (Å²) in [5.41, 5.74) is 0.737. The maximum atomic E-state index is 12.4. The second kappa shape index (κ2) is 7.70. The molecule has 24 heavy (non-hydrogen) atoms. The van der Waals surface area contributed by atoms with Crippen molar-refractivity contribution in [3.05, 3.63) is 24.3 Å². The Morgan fingerprint density at radius 1 is 1.33 bits per heavy atom. The van der Waals surface area contributed by atoms with Crippen LogP contribution in [0.2, 0.25) is 0 Å². The molecule has 2 heterocycles. The van der Waals surface area contributed by atoms with Gasteiger partial charge in [-0.05, 0) is 49.9 Å². The summed E-state index contributed by atoms with van der Waals surface area (Å²) in [5, 5.41) is 17.7. The van der Waals surface area contributed by atoms with Crippen LogP contribution in [-0.4, -0.2) is 44.5 Å². The Hall–Kier alpha value is -2.02. The Labute approximate surface area is 145 Å². The van der Waals surface area contributed by atoms with Gasteiger partial charge in [0.1, 0.15) is 5.75 Å². The minimum Gasteiger partial charge on any atom is -0.508 e. The molecule has 128 valence electrons. The minimum absolute atomic E-state index is 0.135. The van der Waals surface area contributed by atoms with E-state index in [0.717, 1.165) is 31.4 Å². The maximum Gasteiger partial charge on any atom is 0.277 e. The fourth-order valence-corrected chi connectivity index (χ4v) is 3.60. The van der Waals surface area contributed by atoms with Gasteiger partial charge in [-0.3, -0.25) is 4.79 Å². The highest BCUT2D eigenvalue weighted by molar-refractivity contribution is 7.99. The number of rotatable bonds is 5. The molecule has 0 bridgehead atoms. The number of amides is 1. The molecule has 3 rings (SSSR count). The monoisotopic (exact) mass is 347 g/mol. The molecule has 0 aliphatic carbocycles. The number of hydrogen-bond acceptors (Lipinski definition) is 6. The third-order valence-corrected chi connectivity index (χ3v) is 5.06. The number of aromatic nitrogens is 2. The number of piperidine rings is 1. The van der Waals surface area contributed by atoms with Gasteiger partial charge in [0.15, 0.2) is 0 Å². The molecule has 7 heteroatoms. The summed E-state index contributed by atoms with van der Waals surface area (Å²) in [5.74, 6) is 1.02. The van der Waals surface area contributed by atoms with E-state index in [0.29, 0.717) is 22.9 Å². The number of carbonyl (C=O) groups is 1. The van der Waals surface area contributed by atoms with E-state index in [2.05, 4.69) is 17.1 Å². The highest BCUT2D eigenvalue weighted by atomic mass is 32.2. The summed E-state index contributed by atoms with van der Waals surface area (Å²) in [7, 11) is 0. The molecule has 1 aromatic heterocycles. The molecule has 1 aliphatic heterocycles. The second-order valence-corrected chi connectivity index (χ2v) is 6.78. The SMILES string of the molecule is CCC1CCCCN1C(=O)CSc1nnc(-c2ccc(O)cc2)o1. The van der Waals surface area contributed by atoms with Crippen molar-refractivity contribution in [2.45, 2.75) is 43.9 Å². The lowest BCUT2D eigenvalue weighted by atomic mass is 10.0. The number of thioether (sulfide) groups is 1. The maximum absolute atomic E-state index is 12.4. The number of nitrogens with zero attached hydrogens (tertiary/aromatic N) is 3. The first-order valence-electron chi connectivity index (χ1n) is 8.22. The topological polar surface area (TPSA) is 79.5 Å². The predicted molar refractivity (Wildman–Crippen MR) is 91.8 cm³/mol. The molecule has 0 saturated carbocycles. The average molecular weight is 347 g/mol. The van der Waals surface area contributed by atoms with Crippen molar-refractivity contribution in [3.63, 3.8) is 0 Å². The predicted octanol–water partition coefficient (Wildman–Crippen LogP) is 3.33. The van der Waals surface area contributed by atoms with E-state index < -0.39 is 0 Å². The van der Waals surface area contributed by atoms with Gasteiger partial charge in [-0.25, -0.2) is 0 Å². The van der Waals surface area contributed by atoms with Crippen LogP contribution in [0.25, 0.3) is 11.5 Å². The van der Waals surface area contributed by atoms with Crippen molar-refractivity contribution in [3.8, 4) is 17.2 Å². The van der Waals surface area contributed by atoms with E-state index in [9.17, 15) is 9.90 Å². The number of phenols is 1. The zero-order valence-electron chi connectivity index (χ0n) is 13.6. The molecule has 2 aromatic rings. The van der Waals surface area contributed by atoms with E-state index in [1.54, 1.807) is 24.3 Å². The third-order valence-electron chi connectivity index (χ3n) is 4.26. The molecule has 1 saturated heterocycles. The van der Waals surface area contributed by atoms with Crippen molar-refractivity contribution in [2.24, 2.45) is 0 Å². The third kappa shape index (κ3) is 3.90. The minimum atomic E-state index is 0.135. The van der Waals surface area contributed by atoms with E-state index in [4.69, 9.17) is 4.42 Å². The molecule has 1 N–H and O–H groups in total. The van der Waals surface area contributed by atoms with Crippen molar-refractivity contribution >= 4 is 17.7 Å². The molecule has 1 fully saturated rings. The van der Waals surface area contributed by atoms with Gasteiger partial charge in [0.05, 0.1) is 5.75 Å². The first-order chi connectivity index (χ1) is 11.7. The number of likely N-dealkylation sites (tertiary alicyclic amines) is 1. The summed E-state index contributed by atoms with van der Waals surface area (Å²) in [4.78, 5) is 14.4. The van der Waals surface area contributed by atoms with E-state index >= 15 is 0 Å². The lowest BCUT2D eigenvalue weighted by Crippen LogP contribution is -2.44. The Morgan fingerprint density at radius 2 is 2.12 bits per heavy atom. The molecule has 1 aromatic carbocycles. The van der Waals surface area contributed by atoms with Gasteiger partial charge in [-0.15, -0.1) is 10.2 Å². The molecule has 6 nitrogen and oxygen atoms in total. The largest absolute Gasteiger partial charge is 0.508 e. The van der Waals surface area contributed by atoms with Gasteiger partial charge >= 0.3 is 0 Å². The molecule has 0 radical (unpaired) electrons. The van der Waals surface area contributed by atoms with Crippen LogP contribution in [0.4, 0.5) is 0 Å². The summed E-state index contributed by atoms with van der Waals surface area (Å²) in [6, 6.07) is 6.92. The van der Waals surface area contributed by atoms with Crippen LogP contribution in [0.3, 0.4) is 0 Å². The van der Waals surface area contributed by atoms with Crippen LogP contribution < -0.4 is 0 Å². The molecule has 1 atom stereocenters. The first-order valence-corrected chi connectivity index (χ1v) is 9.21. The van der Waals surface area contributed by atoms with Crippen LogP contribution in [0, 0.1) is 0 Å². The molecule has 1 aliphatic rings. The smallest absolute Gasteiger partial charge is 0.277 e. The average Bonchev–Trinajstić information content (AvgIpc) is 3.09. The van der Waals surface area contributed by atoms with E-state index in [1.165, 1.54) is 18.2 Å². The standard InChI is InChI=1S/C17H21N3O3S/c1-2-13-5-3-4-10-20(13)15(22)11-24-17-19-18-16(23-17)12-6-8-14(21)9-7-12/h6-9,13,21H,2-5,10-11H2,1H3. The number of carbonyl (C=O) groups excluding carboxylic acids is 1. The lowest BCUT2D eigenvalue weighted by molar-refractivity contribution is -0.132. The first kappa shape index (κ1) is 16.8. The number of hydrogen-bond donors (Lipinski definition) is 1. The Kier molecular flexibility index (Phi) is 5.40. The quantitative estimate of drug-likeness (QED) is 0.836. The van der Waals surface area contributed by atoms with Crippen molar-refractivity contribution in [1.29, 1.82) is 0 Å². The summed E-state index contributed by atoms with van der Waals surface area (Å²) in [6.45, 7) is 2.98. The Balaban J connectivity index is 1.59. The highest BCUT2D eigenvalue weighted by Gasteiger charge is 2.25. The van der Waals surface area contributed by atoms with Crippen molar-refractivity contribution in [2.75, 3.05) is 12.3 Å². The van der Waals surface area contributed by atoms with Crippen LogP contribution in [0.1, 0.15) is 32.6 Å².